The van der Waals surface area contributed by atoms with Gasteiger partial charge in [0.15, 0.2) is 5.65 Å². The van der Waals surface area contributed by atoms with Gasteiger partial charge < -0.3 is 5.32 Å². The third kappa shape index (κ3) is 3.66. The number of carbonyl (C=O) groups is 1. The summed E-state index contributed by atoms with van der Waals surface area (Å²) >= 11 is 0. The van der Waals surface area contributed by atoms with Crippen LogP contribution in [-0.4, -0.2) is 15.9 Å². The smallest absolute Gasteiger partial charge is 0.345 e. The molecule has 7 heteroatoms. The Kier molecular flexibility index (Phi) is 4.63. The zero-order chi connectivity index (χ0) is 18.9. The first kappa shape index (κ1) is 17.8. The zero-order valence-electron chi connectivity index (χ0n) is 14.1. The molecule has 1 atom stereocenters. The largest absolute Gasteiger partial charge is 0.416 e. The number of aryl methyl sites for hydroxylation is 1. The molecule has 1 aromatic carbocycles. The van der Waals surface area contributed by atoms with Gasteiger partial charge in [-0.1, -0.05) is 12.1 Å². The van der Waals surface area contributed by atoms with Gasteiger partial charge in [-0.2, -0.15) is 13.2 Å². The number of halogens is 3. The van der Waals surface area contributed by atoms with Gasteiger partial charge in [-0.3, -0.25) is 4.79 Å². The first-order valence-electron chi connectivity index (χ1n) is 7.96. The molecule has 26 heavy (non-hydrogen) atoms. The van der Waals surface area contributed by atoms with Gasteiger partial charge in [0.25, 0.3) is 5.91 Å². The lowest BCUT2D eigenvalue weighted by Gasteiger charge is -2.17. The van der Waals surface area contributed by atoms with Crippen LogP contribution in [0.2, 0.25) is 0 Å². The van der Waals surface area contributed by atoms with E-state index < -0.39 is 23.7 Å². The second-order valence-corrected chi connectivity index (χ2v) is 5.99. The van der Waals surface area contributed by atoms with E-state index in [0.29, 0.717) is 22.5 Å². The molecule has 3 aromatic rings. The van der Waals surface area contributed by atoms with Crippen molar-refractivity contribution >= 4 is 16.9 Å². The van der Waals surface area contributed by atoms with Crippen molar-refractivity contribution < 1.29 is 18.0 Å². The maximum absolute atomic E-state index is 12.9. The van der Waals surface area contributed by atoms with Gasteiger partial charge in [-0.15, -0.1) is 0 Å². The number of fused-ring (bicyclic) bond motifs is 1. The molecule has 0 unspecified atom stereocenters. The second kappa shape index (κ2) is 6.74. The molecule has 0 aliphatic carbocycles. The van der Waals surface area contributed by atoms with Crippen LogP contribution in [0.15, 0.2) is 48.7 Å². The lowest BCUT2D eigenvalue weighted by atomic mass is 10.0. The van der Waals surface area contributed by atoms with Crippen LogP contribution in [-0.2, 0) is 6.18 Å². The van der Waals surface area contributed by atoms with Crippen molar-refractivity contribution in [3.05, 3.63) is 71.0 Å². The van der Waals surface area contributed by atoms with Crippen LogP contribution in [0.25, 0.3) is 11.0 Å². The summed E-state index contributed by atoms with van der Waals surface area (Å²) in [5.74, 6) is -0.398. The maximum Gasteiger partial charge on any atom is 0.416 e. The van der Waals surface area contributed by atoms with Crippen LogP contribution >= 0.6 is 0 Å². The summed E-state index contributed by atoms with van der Waals surface area (Å²) in [7, 11) is 0. The normalized spacial score (nSPS) is 12.8. The number of nitrogens with one attached hydrogen (secondary N) is 1. The Morgan fingerprint density at radius 1 is 1.15 bits per heavy atom. The molecule has 0 saturated heterocycles. The minimum Gasteiger partial charge on any atom is -0.345 e. The van der Waals surface area contributed by atoms with E-state index in [1.807, 2.05) is 0 Å². The van der Waals surface area contributed by atoms with Gasteiger partial charge in [0.2, 0.25) is 0 Å². The fraction of sp³-hybridized carbons (Fsp3) is 0.211. The predicted molar refractivity (Wildman–Crippen MR) is 91.6 cm³/mol. The molecule has 0 radical (unpaired) electrons. The van der Waals surface area contributed by atoms with E-state index in [4.69, 9.17) is 0 Å². The molecule has 0 spiro atoms. The molecule has 1 amide bonds. The minimum absolute atomic E-state index is 0.365. The molecule has 0 aliphatic rings. The van der Waals surface area contributed by atoms with E-state index in [1.165, 1.54) is 6.07 Å². The summed E-state index contributed by atoms with van der Waals surface area (Å²) in [6.07, 6.45) is -2.81. The summed E-state index contributed by atoms with van der Waals surface area (Å²) in [5, 5.41) is 3.45. The first-order valence-corrected chi connectivity index (χ1v) is 7.96. The van der Waals surface area contributed by atoms with E-state index in [9.17, 15) is 18.0 Å². The van der Waals surface area contributed by atoms with Gasteiger partial charge in [-0.25, -0.2) is 9.97 Å². The summed E-state index contributed by atoms with van der Waals surface area (Å²) in [6, 6.07) is 9.55. The van der Waals surface area contributed by atoms with Gasteiger partial charge in [0.05, 0.1) is 22.9 Å². The second-order valence-electron chi connectivity index (χ2n) is 5.99. The molecule has 2 heterocycles. The number of benzene rings is 1. The number of amides is 1. The SMILES string of the molecule is Cc1nc2ncccc2cc1C(=O)N[C@@H](C)c1cccc(C(F)(F)F)c1. The van der Waals surface area contributed by atoms with E-state index in [2.05, 4.69) is 15.3 Å². The standard InChI is InChI=1S/C19H16F3N3O/c1-11(13-5-3-7-15(9-13)19(20,21)22)25-18(26)16-10-14-6-4-8-23-17(14)24-12(16)2/h3-11H,1-2H3,(H,25,26)/t11-/m0/s1. The van der Waals surface area contributed by atoms with Crippen molar-refractivity contribution in [1.29, 1.82) is 0 Å². The van der Waals surface area contributed by atoms with E-state index in [0.717, 1.165) is 17.5 Å². The highest BCUT2D eigenvalue weighted by atomic mass is 19.4. The minimum atomic E-state index is -4.43. The van der Waals surface area contributed by atoms with Crippen LogP contribution in [0.3, 0.4) is 0 Å². The molecule has 4 nitrogen and oxygen atoms in total. The van der Waals surface area contributed by atoms with Crippen LogP contribution in [0.1, 0.15) is 40.1 Å². The van der Waals surface area contributed by atoms with Crippen LogP contribution < -0.4 is 5.32 Å². The topological polar surface area (TPSA) is 54.9 Å². The van der Waals surface area contributed by atoms with Crippen LogP contribution in [0.4, 0.5) is 13.2 Å². The molecule has 134 valence electrons. The van der Waals surface area contributed by atoms with Crippen molar-refractivity contribution in [2.75, 3.05) is 0 Å². The molecule has 0 bridgehead atoms. The summed E-state index contributed by atoms with van der Waals surface area (Å²) < 4.78 is 38.6. The lowest BCUT2D eigenvalue weighted by Crippen LogP contribution is -2.27. The van der Waals surface area contributed by atoms with Crippen LogP contribution in [0.5, 0.6) is 0 Å². The number of alkyl halides is 3. The Bertz CT molecular complexity index is 970. The number of nitrogens with zero attached hydrogens (tertiary/aromatic N) is 2. The summed E-state index contributed by atoms with van der Waals surface area (Å²) in [6.45, 7) is 3.33. The highest BCUT2D eigenvalue weighted by molar-refractivity contribution is 5.98. The zero-order valence-corrected chi connectivity index (χ0v) is 14.1. The Morgan fingerprint density at radius 3 is 2.65 bits per heavy atom. The number of aromatic nitrogens is 2. The fourth-order valence-electron chi connectivity index (χ4n) is 2.67. The number of hydrogen-bond acceptors (Lipinski definition) is 3. The highest BCUT2D eigenvalue weighted by Gasteiger charge is 2.30. The Morgan fingerprint density at radius 2 is 1.92 bits per heavy atom. The van der Waals surface area contributed by atoms with Crippen molar-refractivity contribution in [2.45, 2.75) is 26.1 Å². The molecule has 0 fully saturated rings. The molecule has 0 aliphatic heterocycles. The van der Waals surface area contributed by atoms with Gasteiger partial charge in [0.1, 0.15) is 0 Å². The third-order valence-corrected chi connectivity index (χ3v) is 4.09. The third-order valence-electron chi connectivity index (χ3n) is 4.09. The average Bonchev–Trinajstić information content (AvgIpc) is 2.60. The van der Waals surface area contributed by atoms with Crippen LogP contribution in [0, 0.1) is 6.92 Å². The fourth-order valence-corrected chi connectivity index (χ4v) is 2.67. The molecular formula is C19H16F3N3O. The molecule has 0 saturated carbocycles. The Hall–Kier alpha value is -2.96. The Labute approximate surface area is 148 Å². The predicted octanol–water partition coefficient (Wildman–Crippen LogP) is 4.45. The monoisotopic (exact) mass is 359 g/mol. The number of rotatable bonds is 3. The van der Waals surface area contributed by atoms with E-state index in [1.54, 1.807) is 44.3 Å². The lowest BCUT2D eigenvalue weighted by molar-refractivity contribution is -0.137. The quantitative estimate of drug-likeness (QED) is 0.752. The molecule has 1 N–H and O–H groups in total. The summed E-state index contributed by atoms with van der Waals surface area (Å²) in [4.78, 5) is 21.0. The highest BCUT2D eigenvalue weighted by Crippen LogP contribution is 2.30. The van der Waals surface area contributed by atoms with Gasteiger partial charge in [-0.05, 0) is 49.7 Å². The van der Waals surface area contributed by atoms with Crippen molar-refractivity contribution in [3.8, 4) is 0 Å². The number of hydrogen-bond donors (Lipinski definition) is 1. The van der Waals surface area contributed by atoms with E-state index in [-0.39, 0.29) is 0 Å². The van der Waals surface area contributed by atoms with Crippen molar-refractivity contribution in [1.82, 2.24) is 15.3 Å². The van der Waals surface area contributed by atoms with Crippen molar-refractivity contribution in [3.63, 3.8) is 0 Å². The summed E-state index contributed by atoms with van der Waals surface area (Å²) in [5.41, 5.74) is 1.04. The van der Waals surface area contributed by atoms with Crippen molar-refractivity contribution in [2.24, 2.45) is 0 Å². The van der Waals surface area contributed by atoms with Gasteiger partial charge in [0, 0.05) is 11.6 Å². The molecular weight excluding hydrogens is 343 g/mol. The molecule has 2 aromatic heterocycles. The van der Waals surface area contributed by atoms with E-state index >= 15 is 0 Å². The number of pyridine rings is 2. The molecule has 3 rings (SSSR count). The Balaban J connectivity index is 1.85. The van der Waals surface area contributed by atoms with Gasteiger partial charge >= 0.3 is 6.18 Å². The number of carbonyl (C=O) groups excluding carboxylic acids is 1. The maximum atomic E-state index is 12.9. The first-order chi connectivity index (χ1) is 12.3. The average molecular weight is 359 g/mol.